The number of anilines is 1. The lowest BCUT2D eigenvalue weighted by molar-refractivity contribution is -0.120. The summed E-state index contributed by atoms with van der Waals surface area (Å²) in [7, 11) is 0. The van der Waals surface area contributed by atoms with E-state index in [9.17, 15) is 9.59 Å². The maximum atomic E-state index is 13.1. The molecule has 0 unspecified atom stereocenters. The number of benzene rings is 1. The number of carbonyl (C=O) groups excluding carboxylic acids is 2. The Hall–Kier alpha value is -1.81. The Bertz CT molecular complexity index is 775. The van der Waals surface area contributed by atoms with Crippen LogP contribution < -0.4 is 10.2 Å². The molecular formula is C24H33ClN2O2. The van der Waals surface area contributed by atoms with Gasteiger partial charge < -0.3 is 5.32 Å². The molecule has 2 aliphatic rings. The molecule has 1 aromatic rings. The largest absolute Gasteiger partial charge is 0.376 e. The molecule has 158 valence electrons. The summed E-state index contributed by atoms with van der Waals surface area (Å²) in [5.41, 5.74) is 2.86. The van der Waals surface area contributed by atoms with Crippen molar-refractivity contribution in [3.63, 3.8) is 0 Å². The second-order valence-electron chi connectivity index (χ2n) is 8.45. The first-order valence-electron chi connectivity index (χ1n) is 11.1. The van der Waals surface area contributed by atoms with Gasteiger partial charge in [-0.25, -0.2) is 4.90 Å². The van der Waals surface area contributed by atoms with Crippen molar-refractivity contribution in [2.24, 2.45) is 0 Å². The molecule has 0 atom stereocenters. The van der Waals surface area contributed by atoms with E-state index in [1.54, 1.807) is 6.07 Å². The van der Waals surface area contributed by atoms with Crippen molar-refractivity contribution in [2.45, 2.75) is 90.5 Å². The van der Waals surface area contributed by atoms with Crippen LogP contribution in [0.1, 0.15) is 81.8 Å². The van der Waals surface area contributed by atoms with Gasteiger partial charge in [-0.1, -0.05) is 81.5 Å². The number of halogens is 1. The smallest absolute Gasteiger partial charge is 0.283 e. The maximum absolute atomic E-state index is 13.1. The van der Waals surface area contributed by atoms with E-state index < -0.39 is 5.91 Å². The number of aryl methyl sites for hydroxylation is 1. The van der Waals surface area contributed by atoms with Crippen LogP contribution in [0.2, 0.25) is 0 Å². The van der Waals surface area contributed by atoms with Crippen molar-refractivity contribution < 1.29 is 9.59 Å². The Morgan fingerprint density at radius 3 is 2.00 bits per heavy atom. The summed E-state index contributed by atoms with van der Waals surface area (Å²) in [6.45, 7) is 3.90. The van der Waals surface area contributed by atoms with Crippen molar-refractivity contribution in [1.82, 2.24) is 5.32 Å². The minimum atomic E-state index is -0.430. The Kier molecular flexibility index (Phi) is 7.77. The summed E-state index contributed by atoms with van der Waals surface area (Å²) in [6.07, 6.45) is 13.4. The lowest BCUT2D eigenvalue weighted by atomic mass is 9.98. The van der Waals surface area contributed by atoms with E-state index in [-0.39, 0.29) is 22.7 Å². The minimum absolute atomic E-state index is 0.0158. The summed E-state index contributed by atoms with van der Waals surface area (Å²) >= 11 is 6.36. The average Bonchev–Trinajstić information content (AvgIpc) is 2.89. The molecular weight excluding hydrogens is 384 g/mol. The zero-order valence-electron chi connectivity index (χ0n) is 17.7. The molecule has 1 aromatic carbocycles. The van der Waals surface area contributed by atoms with Crippen LogP contribution >= 0.6 is 11.6 Å². The molecule has 0 spiro atoms. The Morgan fingerprint density at radius 2 is 1.41 bits per heavy atom. The normalized spacial score (nSPS) is 20.6. The van der Waals surface area contributed by atoms with Crippen molar-refractivity contribution >= 4 is 29.1 Å². The van der Waals surface area contributed by atoms with Gasteiger partial charge in [-0.05, 0) is 43.9 Å². The molecule has 1 N–H and O–H groups in total. The number of hydrogen-bond donors (Lipinski definition) is 1. The fourth-order valence-electron chi connectivity index (χ4n) is 4.34. The molecule has 0 radical (unpaired) electrons. The second kappa shape index (κ2) is 10.3. The molecule has 0 bridgehead atoms. The van der Waals surface area contributed by atoms with E-state index in [1.807, 2.05) is 26.0 Å². The average molecular weight is 417 g/mol. The lowest BCUT2D eigenvalue weighted by Gasteiger charge is -2.22. The zero-order valence-corrected chi connectivity index (χ0v) is 18.5. The summed E-state index contributed by atoms with van der Waals surface area (Å²) < 4.78 is 0. The fraction of sp³-hybridized carbons (Fsp3) is 0.583. The topological polar surface area (TPSA) is 49.4 Å². The number of nitrogens with zero attached hydrogens (tertiary/aromatic N) is 1. The highest BCUT2D eigenvalue weighted by molar-refractivity contribution is 6.52. The van der Waals surface area contributed by atoms with Crippen LogP contribution in [0.3, 0.4) is 0 Å². The van der Waals surface area contributed by atoms with Gasteiger partial charge in [0, 0.05) is 6.04 Å². The number of carbonyl (C=O) groups is 2. The monoisotopic (exact) mass is 416 g/mol. The van der Waals surface area contributed by atoms with E-state index >= 15 is 0 Å². The van der Waals surface area contributed by atoms with E-state index in [0.29, 0.717) is 5.69 Å². The van der Waals surface area contributed by atoms with Crippen molar-refractivity contribution in [2.75, 3.05) is 4.90 Å². The molecule has 29 heavy (non-hydrogen) atoms. The van der Waals surface area contributed by atoms with Crippen molar-refractivity contribution in [3.8, 4) is 0 Å². The highest BCUT2D eigenvalue weighted by Gasteiger charge is 2.40. The molecule has 1 aliphatic heterocycles. The van der Waals surface area contributed by atoms with Gasteiger partial charge >= 0.3 is 0 Å². The number of imide groups is 1. The lowest BCUT2D eigenvalue weighted by Crippen LogP contribution is -2.37. The predicted octanol–water partition coefficient (Wildman–Crippen LogP) is 5.89. The van der Waals surface area contributed by atoms with E-state index in [0.717, 1.165) is 36.8 Å². The molecule has 3 rings (SSSR count). The van der Waals surface area contributed by atoms with Crippen LogP contribution in [0.5, 0.6) is 0 Å². The van der Waals surface area contributed by atoms with Crippen molar-refractivity contribution in [3.05, 3.63) is 40.1 Å². The molecule has 5 heteroatoms. The highest BCUT2D eigenvalue weighted by Crippen LogP contribution is 2.32. The molecule has 2 amide bonds. The van der Waals surface area contributed by atoms with Crippen LogP contribution in [-0.2, 0) is 9.59 Å². The first kappa shape index (κ1) is 21.9. The van der Waals surface area contributed by atoms with Gasteiger partial charge in [0.1, 0.15) is 10.7 Å². The van der Waals surface area contributed by atoms with Gasteiger partial charge in [-0.2, -0.15) is 0 Å². The molecule has 4 nitrogen and oxygen atoms in total. The Morgan fingerprint density at radius 1 is 0.862 bits per heavy atom. The standard InChI is InChI=1S/C24H33ClN2O2/c1-17-13-12-16-20(18(17)2)27-23(28)21(25)22(24(27)29)26-19-14-10-8-6-4-3-5-7-9-11-15-19/h12-13,16,19,26H,3-11,14-15H2,1-2H3. The van der Waals surface area contributed by atoms with Crippen LogP contribution in [0.15, 0.2) is 28.9 Å². The third-order valence-electron chi connectivity index (χ3n) is 6.30. The highest BCUT2D eigenvalue weighted by atomic mass is 35.5. The summed E-state index contributed by atoms with van der Waals surface area (Å²) in [5, 5.41) is 3.38. The van der Waals surface area contributed by atoms with Gasteiger partial charge in [0.05, 0.1) is 5.69 Å². The first-order chi connectivity index (χ1) is 14.0. The minimum Gasteiger partial charge on any atom is -0.376 e. The van der Waals surface area contributed by atoms with E-state index in [4.69, 9.17) is 11.6 Å². The second-order valence-corrected chi connectivity index (χ2v) is 8.83. The number of hydrogen-bond acceptors (Lipinski definition) is 3. The Labute approximate surface area is 179 Å². The van der Waals surface area contributed by atoms with Gasteiger partial charge in [0.25, 0.3) is 11.8 Å². The fourth-order valence-corrected chi connectivity index (χ4v) is 4.56. The van der Waals surface area contributed by atoms with Crippen LogP contribution in [-0.4, -0.2) is 17.9 Å². The molecule has 1 aliphatic carbocycles. The van der Waals surface area contributed by atoms with Crippen molar-refractivity contribution in [1.29, 1.82) is 0 Å². The maximum Gasteiger partial charge on any atom is 0.283 e. The molecule has 1 saturated carbocycles. The summed E-state index contributed by atoms with van der Waals surface area (Å²) in [6, 6.07) is 5.84. The molecule has 0 saturated heterocycles. The summed E-state index contributed by atoms with van der Waals surface area (Å²) in [5.74, 6) is -0.763. The SMILES string of the molecule is Cc1cccc(N2C(=O)C(Cl)=C(NC3CCCCCCCCCCC3)C2=O)c1C. The molecule has 0 aromatic heterocycles. The van der Waals surface area contributed by atoms with Gasteiger partial charge in [-0.15, -0.1) is 0 Å². The quantitative estimate of drug-likeness (QED) is 0.625. The zero-order chi connectivity index (χ0) is 20.8. The van der Waals surface area contributed by atoms with Gasteiger partial charge in [-0.3, -0.25) is 9.59 Å². The molecule has 1 heterocycles. The van der Waals surface area contributed by atoms with Crippen LogP contribution in [0.4, 0.5) is 5.69 Å². The van der Waals surface area contributed by atoms with Gasteiger partial charge in [0.15, 0.2) is 0 Å². The third kappa shape index (κ3) is 5.22. The van der Waals surface area contributed by atoms with E-state index in [1.165, 1.54) is 49.8 Å². The predicted molar refractivity (Wildman–Crippen MR) is 119 cm³/mol. The number of amides is 2. The van der Waals surface area contributed by atoms with Crippen LogP contribution in [0.25, 0.3) is 0 Å². The van der Waals surface area contributed by atoms with Gasteiger partial charge in [0.2, 0.25) is 0 Å². The summed E-state index contributed by atoms with van der Waals surface area (Å²) in [4.78, 5) is 27.2. The first-order valence-corrected chi connectivity index (χ1v) is 11.5. The number of rotatable bonds is 3. The number of nitrogens with one attached hydrogen (secondary N) is 1. The van der Waals surface area contributed by atoms with E-state index in [2.05, 4.69) is 5.32 Å². The van der Waals surface area contributed by atoms with Crippen LogP contribution in [0, 0.1) is 13.8 Å². The molecule has 1 fully saturated rings. The Balaban J connectivity index is 1.74. The third-order valence-corrected chi connectivity index (χ3v) is 6.65.